The molecule has 6 bridgehead atoms. The van der Waals surface area contributed by atoms with Gasteiger partial charge in [0.15, 0.2) is 5.65 Å². The number of halogens is 1. The number of fused-ring (bicyclic) bond motifs is 7. The van der Waals surface area contributed by atoms with Crippen LogP contribution in [0.25, 0.3) is 28.0 Å². The lowest BCUT2D eigenvalue weighted by Crippen LogP contribution is -2.45. The number of piperidine rings is 1. The van der Waals surface area contributed by atoms with Crippen molar-refractivity contribution in [2.24, 2.45) is 0 Å². The first-order chi connectivity index (χ1) is 22.3. The van der Waals surface area contributed by atoms with E-state index >= 15 is 0 Å². The Morgan fingerprint density at radius 3 is 2.49 bits per heavy atom. The molecule has 7 rings (SSSR count). The van der Waals surface area contributed by atoms with Crippen molar-refractivity contribution in [2.75, 3.05) is 37.8 Å². The summed E-state index contributed by atoms with van der Waals surface area (Å²) in [4.78, 5) is 19.8. The SMILES string of the molecule is CC(C)(C)O.CCOC(=O)Cc1c(C)nc2cc3nn2c1N1CCC(C)(CC1)OCCCCOc1ccc(F)cc1-c1cccc-3c1. The Balaban J connectivity index is 0.000000807. The van der Waals surface area contributed by atoms with Crippen molar-refractivity contribution < 1.29 is 28.5 Å². The van der Waals surface area contributed by atoms with Gasteiger partial charge in [0.25, 0.3) is 0 Å². The first-order valence-corrected chi connectivity index (χ1v) is 16.5. The van der Waals surface area contributed by atoms with Crippen LogP contribution in [0.3, 0.4) is 0 Å². The summed E-state index contributed by atoms with van der Waals surface area (Å²) >= 11 is 0. The van der Waals surface area contributed by atoms with Crippen molar-refractivity contribution in [3.63, 3.8) is 0 Å². The second kappa shape index (κ2) is 14.4. The highest BCUT2D eigenvalue weighted by Gasteiger charge is 2.33. The summed E-state index contributed by atoms with van der Waals surface area (Å²) in [5, 5.41) is 13.6. The van der Waals surface area contributed by atoms with Crippen LogP contribution in [-0.4, -0.2) is 69.8 Å². The quantitative estimate of drug-likeness (QED) is 0.239. The lowest BCUT2D eigenvalue weighted by Gasteiger charge is -2.41. The van der Waals surface area contributed by atoms with Crippen molar-refractivity contribution in [3.05, 3.63) is 65.6 Å². The predicted molar refractivity (Wildman–Crippen MR) is 181 cm³/mol. The fraction of sp³-hybridized carbons (Fsp3) is 0.486. The first kappa shape index (κ1) is 34.3. The Morgan fingerprint density at radius 2 is 1.77 bits per heavy atom. The molecular weight excluding hydrogens is 599 g/mol. The fourth-order valence-electron chi connectivity index (χ4n) is 5.91. The zero-order chi connectivity index (χ0) is 33.8. The maximum atomic E-state index is 14.4. The minimum Gasteiger partial charge on any atom is -0.493 e. The number of aryl methyl sites for hydroxylation is 1. The van der Waals surface area contributed by atoms with Crippen LogP contribution in [0.15, 0.2) is 48.5 Å². The van der Waals surface area contributed by atoms with Gasteiger partial charge in [-0.3, -0.25) is 4.79 Å². The van der Waals surface area contributed by atoms with Crippen molar-refractivity contribution in [3.8, 4) is 28.1 Å². The van der Waals surface area contributed by atoms with E-state index in [0.717, 1.165) is 72.7 Å². The monoisotopic (exact) mass is 646 g/mol. The molecule has 0 saturated carbocycles. The highest BCUT2D eigenvalue weighted by Crippen LogP contribution is 2.36. The van der Waals surface area contributed by atoms with E-state index in [0.29, 0.717) is 36.8 Å². The van der Waals surface area contributed by atoms with Gasteiger partial charge in [-0.1, -0.05) is 18.2 Å². The zero-order valence-corrected chi connectivity index (χ0v) is 28.4. The van der Waals surface area contributed by atoms with E-state index in [1.54, 1.807) is 26.8 Å². The molecule has 0 amide bonds. The molecule has 1 fully saturated rings. The van der Waals surface area contributed by atoms with E-state index in [1.807, 2.05) is 48.7 Å². The third kappa shape index (κ3) is 8.67. The van der Waals surface area contributed by atoms with E-state index < -0.39 is 5.60 Å². The molecule has 1 saturated heterocycles. The number of benzene rings is 2. The number of ether oxygens (including phenoxy) is 3. The van der Waals surface area contributed by atoms with Gasteiger partial charge in [0, 0.05) is 48.1 Å². The molecule has 3 aliphatic heterocycles. The molecule has 252 valence electrons. The molecule has 1 N–H and O–H groups in total. The molecule has 3 aliphatic rings. The normalized spacial score (nSPS) is 16.3. The third-order valence-electron chi connectivity index (χ3n) is 8.28. The van der Waals surface area contributed by atoms with E-state index in [9.17, 15) is 9.18 Å². The molecule has 10 heteroatoms. The minimum absolute atomic E-state index is 0.120. The van der Waals surface area contributed by atoms with Crippen molar-refractivity contribution in [1.82, 2.24) is 14.6 Å². The molecule has 0 spiro atoms. The number of aromatic nitrogens is 3. The van der Waals surface area contributed by atoms with Crippen LogP contribution in [0, 0.1) is 12.7 Å². The number of hydrogen-bond donors (Lipinski definition) is 1. The molecule has 5 heterocycles. The lowest BCUT2D eigenvalue weighted by atomic mass is 9.93. The topological polar surface area (TPSA) is 98.4 Å². The van der Waals surface area contributed by atoms with Crippen LogP contribution < -0.4 is 9.64 Å². The maximum absolute atomic E-state index is 14.4. The number of anilines is 1. The van der Waals surface area contributed by atoms with Crippen molar-refractivity contribution >= 4 is 17.4 Å². The van der Waals surface area contributed by atoms with Gasteiger partial charge < -0.3 is 24.2 Å². The molecule has 9 nitrogen and oxygen atoms in total. The summed E-state index contributed by atoms with van der Waals surface area (Å²) in [5.74, 6) is 0.906. The molecule has 2 aromatic carbocycles. The van der Waals surface area contributed by atoms with E-state index in [-0.39, 0.29) is 23.8 Å². The Morgan fingerprint density at radius 1 is 1.06 bits per heavy atom. The number of carbonyl (C=O) groups is 1. The van der Waals surface area contributed by atoms with Gasteiger partial charge in [0.05, 0.1) is 36.5 Å². The molecule has 4 aromatic rings. The Bertz CT molecular complexity index is 1700. The molecule has 2 aromatic heterocycles. The predicted octanol–water partition coefficient (Wildman–Crippen LogP) is 6.94. The molecule has 0 aliphatic carbocycles. The number of hydrogen-bond acceptors (Lipinski definition) is 8. The zero-order valence-electron chi connectivity index (χ0n) is 28.4. The van der Waals surface area contributed by atoms with Gasteiger partial charge in [-0.25, -0.2) is 9.37 Å². The molecule has 0 radical (unpaired) electrons. The second-order valence-electron chi connectivity index (χ2n) is 13.5. The fourth-order valence-corrected chi connectivity index (χ4v) is 5.91. The van der Waals surface area contributed by atoms with Crippen LogP contribution in [0.4, 0.5) is 10.2 Å². The highest BCUT2D eigenvalue weighted by molar-refractivity contribution is 5.78. The summed E-state index contributed by atoms with van der Waals surface area (Å²) in [7, 11) is 0. The summed E-state index contributed by atoms with van der Waals surface area (Å²) in [6.45, 7) is 14.2. The molecule has 0 atom stereocenters. The maximum Gasteiger partial charge on any atom is 0.310 e. The van der Waals surface area contributed by atoms with Crippen LogP contribution in [0.1, 0.15) is 71.6 Å². The van der Waals surface area contributed by atoms with E-state index in [1.165, 1.54) is 12.1 Å². The van der Waals surface area contributed by atoms with Gasteiger partial charge in [-0.15, -0.1) is 0 Å². The summed E-state index contributed by atoms with van der Waals surface area (Å²) < 4.78 is 34.1. The number of esters is 1. The van der Waals surface area contributed by atoms with Gasteiger partial charge in [-0.05, 0) is 97.1 Å². The Labute approximate surface area is 276 Å². The van der Waals surface area contributed by atoms with E-state index in [2.05, 4.69) is 11.8 Å². The average Bonchev–Trinajstić information content (AvgIpc) is 3.43. The molecule has 0 unspecified atom stereocenters. The minimum atomic E-state index is -0.500. The Kier molecular flexibility index (Phi) is 10.5. The summed E-state index contributed by atoms with van der Waals surface area (Å²) in [6, 6.07) is 14.5. The van der Waals surface area contributed by atoms with Gasteiger partial charge in [0.1, 0.15) is 17.4 Å². The number of nitrogens with zero attached hydrogens (tertiary/aromatic N) is 4. The van der Waals surface area contributed by atoms with Crippen LogP contribution in [-0.2, 0) is 20.7 Å². The summed E-state index contributed by atoms with van der Waals surface area (Å²) in [6.07, 6.45) is 3.52. The van der Waals surface area contributed by atoms with Gasteiger partial charge >= 0.3 is 5.97 Å². The first-order valence-electron chi connectivity index (χ1n) is 16.5. The third-order valence-corrected chi connectivity index (χ3v) is 8.28. The standard InChI is InChI=1S/C33H37FN4O4.C4H10O/c1-4-40-31(39)20-26-22(2)35-30-21-28-24-9-7-8-23(18-24)27-19-25(34)10-11-29(27)41-16-5-6-17-42-33(3)12-14-37(15-13-33)32(26)38(30)36-28;1-4(2,3)5/h7-11,18-19,21H,4-6,12-17,20H2,1-3H3;5H,1-3H3. The average molecular weight is 647 g/mol. The van der Waals surface area contributed by atoms with Crippen LogP contribution in [0.2, 0.25) is 0 Å². The molecule has 47 heavy (non-hydrogen) atoms. The smallest absolute Gasteiger partial charge is 0.310 e. The van der Waals surface area contributed by atoms with Crippen molar-refractivity contribution in [1.29, 1.82) is 0 Å². The molecular formula is C37H47FN4O5. The lowest BCUT2D eigenvalue weighted by molar-refractivity contribution is -0.142. The van der Waals surface area contributed by atoms with E-state index in [4.69, 9.17) is 29.4 Å². The van der Waals surface area contributed by atoms with Gasteiger partial charge in [0.2, 0.25) is 0 Å². The van der Waals surface area contributed by atoms with Crippen molar-refractivity contribution in [2.45, 2.75) is 84.8 Å². The number of aliphatic hydroxyl groups is 1. The summed E-state index contributed by atoms with van der Waals surface area (Å²) in [5.41, 5.74) is 4.70. The Hall–Kier alpha value is -4.02. The highest BCUT2D eigenvalue weighted by atomic mass is 19.1. The number of rotatable bonds is 3. The van der Waals surface area contributed by atoms with Gasteiger partial charge in [-0.2, -0.15) is 9.61 Å². The van der Waals surface area contributed by atoms with Crippen LogP contribution in [0.5, 0.6) is 5.75 Å². The second-order valence-corrected chi connectivity index (χ2v) is 13.5. The number of carbonyl (C=O) groups excluding carboxylic acids is 1. The largest absolute Gasteiger partial charge is 0.493 e. The van der Waals surface area contributed by atoms with Crippen LogP contribution >= 0.6 is 0 Å².